The molecule has 1 atom stereocenters. The Morgan fingerprint density at radius 1 is 1.17 bits per heavy atom. The maximum atomic E-state index is 13.1. The lowest BCUT2D eigenvalue weighted by Crippen LogP contribution is -2.39. The van der Waals surface area contributed by atoms with Gasteiger partial charge in [0.2, 0.25) is 5.91 Å². The van der Waals surface area contributed by atoms with Gasteiger partial charge >= 0.3 is 0 Å². The normalized spacial score (nSPS) is 16.2. The first-order valence-electron chi connectivity index (χ1n) is 9.73. The second-order valence-electron chi connectivity index (χ2n) is 6.93. The lowest BCUT2D eigenvalue weighted by atomic mass is 10.1. The van der Waals surface area contributed by atoms with Gasteiger partial charge in [-0.05, 0) is 67.5 Å². The summed E-state index contributed by atoms with van der Waals surface area (Å²) < 4.78 is 18.2. The van der Waals surface area contributed by atoms with E-state index < -0.39 is 6.04 Å². The van der Waals surface area contributed by atoms with E-state index >= 15 is 0 Å². The van der Waals surface area contributed by atoms with Crippen molar-refractivity contribution in [3.8, 4) is 5.75 Å². The quantitative estimate of drug-likeness (QED) is 0.653. The molecule has 30 heavy (non-hydrogen) atoms. The van der Waals surface area contributed by atoms with Crippen LogP contribution < -0.4 is 10.1 Å². The van der Waals surface area contributed by atoms with E-state index in [1.807, 2.05) is 36.1 Å². The van der Waals surface area contributed by atoms with Crippen molar-refractivity contribution >= 4 is 34.8 Å². The summed E-state index contributed by atoms with van der Waals surface area (Å²) in [6.07, 6.45) is 0.639. The summed E-state index contributed by atoms with van der Waals surface area (Å²) in [5.74, 6) is -0.104. The third-order valence-electron chi connectivity index (χ3n) is 5.03. The minimum absolute atomic E-state index is 0.0323. The molecule has 0 spiro atoms. The first-order valence-corrected chi connectivity index (χ1v) is 10.1. The number of thiocarbonyl (C=S) groups is 1. The van der Waals surface area contributed by atoms with Gasteiger partial charge < -0.3 is 15.0 Å². The number of nitrogens with one attached hydrogen (secondary N) is 1. The van der Waals surface area contributed by atoms with Crippen molar-refractivity contribution in [2.75, 3.05) is 25.5 Å². The third-order valence-corrected chi connectivity index (χ3v) is 5.48. The van der Waals surface area contributed by atoms with Gasteiger partial charge in [-0.3, -0.25) is 14.5 Å². The summed E-state index contributed by atoms with van der Waals surface area (Å²) in [7, 11) is 1.62. The molecular weight excluding hydrogens is 405 g/mol. The van der Waals surface area contributed by atoms with Gasteiger partial charge in [0.1, 0.15) is 17.6 Å². The predicted octanol–water partition coefficient (Wildman–Crippen LogP) is 3.22. The molecule has 2 aromatic carbocycles. The molecule has 0 saturated carbocycles. The number of carbonyl (C=O) groups is 2. The molecule has 3 rings (SSSR count). The first-order chi connectivity index (χ1) is 14.4. The number of benzene rings is 2. The predicted molar refractivity (Wildman–Crippen MR) is 117 cm³/mol. The minimum atomic E-state index is -0.656. The van der Waals surface area contributed by atoms with Crippen molar-refractivity contribution in [2.24, 2.45) is 0 Å². The van der Waals surface area contributed by atoms with E-state index in [1.165, 1.54) is 29.2 Å². The van der Waals surface area contributed by atoms with E-state index in [2.05, 4.69) is 5.32 Å². The Morgan fingerprint density at radius 2 is 1.83 bits per heavy atom. The molecule has 1 aliphatic rings. The van der Waals surface area contributed by atoms with E-state index in [0.29, 0.717) is 30.3 Å². The summed E-state index contributed by atoms with van der Waals surface area (Å²) in [6.45, 7) is 2.82. The van der Waals surface area contributed by atoms with E-state index in [0.717, 1.165) is 11.3 Å². The van der Waals surface area contributed by atoms with Crippen LogP contribution in [0, 0.1) is 5.82 Å². The lowest BCUT2D eigenvalue weighted by molar-refractivity contribution is -0.130. The van der Waals surface area contributed by atoms with Crippen molar-refractivity contribution in [1.29, 1.82) is 0 Å². The fourth-order valence-electron chi connectivity index (χ4n) is 3.40. The summed E-state index contributed by atoms with van der Waals surface area (Å²) >= 11 is 5.50. The molecule has 1 heterocycles. The molecule has 158 valence electrons. The molecule has 0 bridgehead atoms. The van der Waals surface area contributed by atoms with Crippen LogP contribution in [0.15, 0.2) is 48.5 Å². The van der Waals surface area contributed by atoms with Crippen molar-refractivity contribution in [3.63, 3.8) is 0 Å². The van der Waals surface area contributed by atoms with Crippen LogP contribution in [0.4, 0.5) is 10.1 Å². The van der Waals surface area contributed by atoms with E-state index in [4.69, 9.17) is 17.0 Å². The van der Waals surface area contributed by atoms with Gasteiger partial charge in [-0.2, -0.15) is 0 Å². The number of hydrogen-bond donors (Lipinski definition) is 1. The first kappa shape index (κ1) is 21.7. The molecule has 0 unspecified atom stereocenters. The number of methoxy groups -OCH3 is 1. The van der Waals surface area contributed by atoms with Gasteiger partial charge in [-0.25, -0.2) is 4.39 Å². The number of hydrogen-bond acceptors (Lipinski definition) is 4. The largest absolute Gasteiger partial charge is 0.497 e. The fourth-order valence-corrected chi connectivity index (χ4v) is 3.84. The summed E-state index contributed by atoms with van der Waals surface area (Å²) in [4.78, 5) is 28.7. The Kier molecular flexibility index (Phi) is 6.99. The highest BCUT2D eigenvalue weighted by Gasteiger charge is 2.42. The van der Waals surface area contributed by atoms with Crippen LogP contribution in [0.2, 0.25) is 0 Å². The van der Waals surface area contributed by atoms with E-state index in [9.17, 15) is 14.0 Å². The van der Waals surface area contributed by atoms with Crippen LogP contribution in [-0.2, 0) is 16.0 Å². The average Bonchev–Trinajstić information content (AvgIpc) is 2.97. The molecule has 1 saturated heterocycles. The molecule has 8 heteroatoms. The smallest absolute Gasteiger partial charge is 0.252 e. The van der Waals surface area contributed by atoms with Crippen molar-refractivity contribution in [1.82, 2.24) is 9.80 Å². The van der Waals surface area contributed by atoms with Gasteiger partial charge in [-0.15, -0.1) is 0 Å². The molecule has 1 fully saturated rings. The van der Waals surface area contributed by atoms with Gasteiger partial charge in [0, 0.05) is 18.8 Å². The van der Waals surface area contributed by atoms with Crippen molar-refractivity contribution < 1.29 is 18.7 Å². The zero-order valence-electron chi connectivity index (χ0n) is 16.9. The molecule has 2 amide bonds. The van der Waals surface area contributed by atoms with Gasteiger partial charge in [0.25, 0.3) is 5.91 Å². The molecule has 0 aliphatic carbocycles. The van der Waals surface area contributed by atoms with Crippen LogP contribution >= 0.6 is 12.2 Å². The number of likely N-dealkylation sites (N-methyl/N-ethyl adjacent to an activating group) is 1. The molecule has 0 radical (unpaired) electrons. The Morgan fingerprint density at radius 3 is 2.43 bits per heavy atom. The molecule has 6 nitrogen and oxygen atoms in total. The number of rotatable bonds is 8. The molecule has 0 aromatic heterocycles. The molecular formula is C22H24FN3O3S. The number of nitrogens with zero attached hydrogens (tertiary/aromatic N) is 2. The number of carbonyl (C=O) groups excluding carboxylic acids is 2. The summed E-state index contributed by atoms with van der Waals surface area (Å²) in [5, 5.41) is 3.15. The molecule has 2 aromatic rings. The highest BCUT2D eigenvalue weighted by atomic mass is 32.1. The number of anilines is 1. The number of ether oxygens (including phenoxy) is 1. The molecule has 1 aliphatic heterocycles. The Balaban J connectivity index is 1.68. The zero-order chi connectivity index (χ0) is 21.7. The van der Waals surface area contributed by atoms with Gasteiger partial charge in [0.15, 0.2) is 5.11 Å². The maximum absolute atomic E-state index is 13.1. The fraction of sp³-hybridized carbons (Fsp3) is 0.318. The monoisotopic (exact) mass is 429 g/mol. The Hall–Kier alpha value is -3.00. The SMILES string of the molecule is CCN1C(=O)[C@@H](CC(=O)Nc2ccc(F)cc2)N(CCc2ccc(OC)cc2)C1=S. The average molecular weight is 430 g/mol. The summed E-state index contributed by atoms with van der Waals surface area (Å²) in [6, 6.07) is 12.5. The van der Waals surface area contributed by atoms with Crippen molar-refractivity contribution in [2.45, 2.75) is 25.8 Å². The summed E-state index contributed by atoms with van der Waals surface area (Å²) in [5.41, 5.74) is 1.56. The Bertz CT molecular complexity index is 918. The van der Waals surface area contributed by atoms with Crippen molar-refractivity contribution in [3.05, 3.63) is 59.9 Å². The van der Waals surface area contributed by atoms with Crippen LogP contribution in [0.1, 0.15) is 18.9 Å². The Labute approximate surface area is 180 Å². The van der Waals surface area contributed by atoms with E-state index in [1.54, 1.807) is 7.11 Å². The van der Waals surface area contributed by atoms with Crippen LogP contribution in [0.25, 0.3) is 0 Å². The zero-order valence-corrected chi connectivity index (χ0v) is 17.7. The lowest BCUT2D eigenvalue weighted by Gasteiger charge is -2.23. The number of halogens is 1. The maximum Gasteiger partial charge on any atom is 0.252 e. The third kappa shape index (κ3) is 4.94. The second kappa shape index (κ2) is 9.67. The minimum Gasteiger partial charge on any atom is -0.497 e. The topological polar surface area (TPSA) is 61.9 Å². The highest BCUT2D eigenvalue weighted by molar-refractivity contribution is 7.80. The van der Waals surface area contributed by atoms with Gasteiger partial charge in [0.05, 0.1) is 13.5 Å². The standard InChI is InChI=1S/C22H24FN3O3S/c1-3-25-21(28)19(14-20(27)24-17-8-6-16(23)7-9-17)26(22(25)30)13-12-15-4-10-18(29-2)11-5-15/h4-11,19H,3,12-14H2,1-2H3,(H,24,27)/t19-/m1/s1. The highest BCUT2D eigenvalue weighted by Crippen LogP contribution is 2.22. The van der Waals surface area contributed by atoms with E-state index in [-0.39, 0.29) is 24.1 Å². The van der Waals surface area contributed by atoms with Crippen LogP contribution in [-0.4, -0.2) is 53.0 Å². The van der Waals surface area contributed by atoms with Gasteiger partial charge in [-0.1, -0.05) is 12.1 Å². The second-order valence-corrected chi connectivity index (χ2v) is 7.30. The molecule has 1 N–H and O–H groups in total. The van der Waals surface area contributed by atoms with Crippen LogP contribution in [0.5, 0.6) is 5.75 Å². The van der Waals surface area contributed by atoms with Crippen LogP contribution in [0.3, 0.4) is 0 Å². The number of amides is 2.